The molecule has 94 heavy (non-hydrogen) atoms. The van der Waals surface area contributed by atoms with E-state index in [0.717, 1.165) is 67.1 Å². The summed E-state index contributed by atoms with van der Waals surface area (Å²) >= 11 is 0.433. The van der Waals surface area contributed by atoms with Gasteiger partial charge in [0.05, 0.1) is 76.2 Å². The van der Waals surface area contributed by atoms with Crippen molar-refractivity contribution in [1.82, 2.24) is 0 Å². The number of ether oxygens (including phenoxy) is 4. The average Bonchev–Trinajstić information content (AvgIpc) is 1.04. The lowest BCUT2D eigenvalue weighted by Gasteiger charge is -2.36. The number of carbonyl (C=O) groups excluding carboxylic acids is 9. The van der Waals surface area contributed by atoms with Gasteiger partial charge in [-0.3, -0.25) is 28.8 Å². The molecule has 0 saturated heterocycles. The van der Waals surface area contributed by atoms with Crippen molar-refractivity contribution in [1.29, 1.82) is 10.7 Å². The van der Waals surface area contributed by atoms with Gasteiger partial charge in [0.25, 0.3) is 0 Å². The van der Waals surface area contributed by atoms with Crippen LogP contribution in [-0.4, -0.2) is 114 Å². The third kappa shape index (κ3) is 24.4. The lowest BCUT2D eigenvalue weighted by atomic mass is 9.91. The highest BCUT2D eigenvalue weighted by atomic mass is 32.2. The monoisotopic (exact) mass is 1390 g/mol. The Balaban J connectivity index is 0.000000401. The molecular weight excluding hydrogens is 1310 g/mol. The Bertz CT molecular complexity index is 3580. The first-order valence-corrected chi connectivity index (χ1v) is 33.3. The molecule has 0 bridgehead atoms. The number of para-hydroxylation sites is 1. The number of esters is 4. The predicted molar refractivity (Wildman–Crippen MR) is 362 cm³/mol. The van der Waals surface area contributed by atoms with E-state index in [1.54, 1.807) is 71.3 Å². The first-order chi connectivity index (χ1) is 44.2. The molecule has 4 aliphatic rings. The summed E-state index contributed by atoms with van der Waals surface area (Å²) < 4.78 is 39.4. The van der Waals surface area contributed by atoms with Gasteiger partial charge in [-0.2, -0.15) is 18.8 Å². The average molecular weight is 1390 g/mol. The van der Waals surface area contributed by atoms with Gasteiger partial charge >= 0.3 is 28.9 Å². The Kier molecular flexibility index (Phi) is 36.4. The number of aryl methyl sites for hydroxylation is 4. The minimum absolute atomic E-state index is 0. The van der Waals surface area contributed by atoms with Crippen LogP contribution in [0, 0.1) is 37.5 Å². The summed E-state index contributed by atoms with van der Waals surface area (Å²) in [4.78, 5) is 110. The molecule has 2 aromatic carbocycles. The van der Waals surface area contributed by atoms with Gasteiger partial charge in [0.15, 0.2) is 32.9 Å². The number of nitrogen functional groups attached to an aromatic ring is 1. The molecule has 9 rings (SSSR count). The fraction of sp³-hybridized carbons (Fsp3) is 0.469. The molecule has 1 atom stereocenters. The van der Waals surface area contributed by atoms with Crippen molar-refractivity contribution in [3.05, 3.63) is 106 Å². The first kappa shape index (κ1) is 82.2. The molecule has 3 aromatic heterocycles. The number of nitrogens with zero attached hydrogens (tertiary/aromatic N) is 7. The van der Waals surface area contributed by atoms with Crippen LogP contribution in [0.3, 0.4) is 0 Å². The number of azo groups is 1. The Morgan fingerprint density at radius 3 is 1.38 bits per heavy atom. The quantitative estimate of drug-likeness (QED) is 0.0110. The van der Waals surface area contributed by atoms with Gasteiger partial charge in [0.1, 0.15) is 28.6 Å². The lowest BCUT2D eigenvalue weighted by molar-refractivity contribution is -0.635. The molecule has 1 unspecified atom stereocenters. The van der Waals surface area contributed by atoms with Crippen molar-refractivity contribution >= 4 is 144 Å². The molecule has 0 radical (unpaired) electrons. The second-order valence-corrected chi connectivity index (χ2v) is 24.4. The Morgan fingerprint density at radius 1 is 0.617 bits per heavy atom. The van der Waals surface area contributed by atoms with Crippen LogP contribution in [-0.2, 0) is 74.7 Å². The summed E-state index contributed by atoms with van der Waals surface area (Å²) in [7, 11) is 0. The molecule has 25 nitrogen and oxygen atoms in total. The van der Waals surface area contributed by atoms with E-state index in [-0.39, 0.29) is 79.0 Å². The zero-order valence-corrected chi connectivity index (χ0v) is 59.2. The number of benzene rings is 2. The van der Waals surface area contributed by atoms with Crippen molar-refractivity contribution < 1.29 is 80.5 Å². The number of ketones is 5. The largest absolute Gasteiger partial charge is 0.750 e. The molecule has 7 heterocycles. The fourth-order valence-corrected chi connectivity index (χ4v) is 13.2. The number of hydrogen-bond acceptors (Lipinski definition) is 27. The predicted octanol–water partition coefficient (Wildman–Crippen LogP) is 12.1. The molecule has 0 fully saturated rings. The van der Waals surface area contributed by atoms with Gasteiger partial charge in [-0.05, 0) is 197 Å². The SMILES string of the molecule is CC(=O)CC(C)=O.CCOC(=O)CC#N.CCOC(=O)c1c(N)sc(C(C)=O)c1C.CCOC(=O)c1c(N=Nc2cc3c4c(c2)CCCN4CCC3)sc(C(C)=O)c1C.CCOC(=O)c1c([N+]#N)sc(C(C)=O)c1C.O=S([O-])O[O-].S.c1cc2c3c(c1)CCCN3CCC2. The summed E-state index contributed by atoms with van der Waals surface area (Å²) in [6.07, 6.45) is 9.64. The van der Waals surface area contributed by atoms with Crippen LogP contribution >= 0.6 is 47.5 Å². The number of nitriles is 1. The standard InChI is InChI=1S/C22H25N3O3S.C12H15N.C10H11N2O3S.C10H13NO3S.C5H7NO2.C5H8O2.H2O4S.H2S/c1-4-28-22(27)18-13(2)20(14(3)26)29-21(18)24-23-17-11-15-7-5-9-25-10-6-8-16(12-17)19(15)25;1-4-10-6-2-8-13-9-3-7-11(5-1)12(10)13;1-4-15-10(14)7-5(2)8(6(3)13)16-9(7)12-11;1-4-14-10(13)7-5(2)8(6(3)12)15-9(7)11;1-2-8-5(7)3-4-6;1-4(6)3-5(2)7;1-4-5(2)3;/h11-12H,4-10H2,1-3H3;1,4-5H,2-3,6-9H2;4H2,1-3H3;4,11H2,1-3H3;2-3H2,1H3;3H2,1-2H3;1H,(H,2,3);1H2/q;;+1;;;;;/p-2. The fourth-order valence-electron chi connectivity index (χ4n) is 10.3. The number of diazo groups is 1. The zero-order valence-electron chi connectivity index (χ0n) is 54.9. The van der Waals surface area contributed by atoms with Crippen LogP contribution in [0.4, 0.5) is 32.1 Å². The number of rotatable bonds is 16. The highest BCUT2D eigenvalue weighted by molar-refractivity contribution is 7.73. The maximum Gasteiger partial charge on any atom is 0.456 e. The minimum Gasteiger partial charge on any atom is -0.750 e. The third-order valence-electron chi connectivity index (χ3n) is 13.8. The molecule has 5 aromatic rings. The number of anilines is 3. The van der Waals surface area contributed by atoms with E-state index in [1.165, 1.54) is 102 Å². The molecule has 0 spiro atoms. The highest BCUT2D eigenvalue weighted by Crippen LogP contribution is 2.42. The number of Topliss-reactive ketones (excluding diaryl/α,β-unsaturated/α-hetero) is 5. The second-order valence-electron chi connectivity index (χ2n) is 20.8. The number of nitrogens with two attached hydrogens (primary N) is 1. The van der Waals surface area contributed by atoms with Gasteiger partial charge in [-0.25, -0.2) is 18.6 Å². The molecule has 4 aliphatic heterocycles. The van der Waals surface area contributed by atoms with Crippen molar-refractivity contribution in [2.45, 2.75) is 147 Å². The zero-order chi connectivity index (χ0) is 69.6. The van der Waals surface area contributed by atoms with E-state index in [4.69, 9.17) is 44.6 Å². The Labute approximate surface area is 568 Å². The van der Waals surface area contributed by atoms with Crippen molar-refractivity contribution in [2.75, 3.05) is 68.1 Å². The van der Waals surface area contributed by atoms with E-state index in [9.17, 15) is 43.2 Å². The molecule has 30 heteroatoms. The van der Waals surface area contributed by atoms with E-state index in [0.29, 0.717) is 65.7 Å². The van der Waals surface area contributed by atoms with E-state index >= 15 is 0 Å². The van der Waals surface area contributed by atoms with Crippen LogP contribution in [0.15, 0.2) is 40.6 Å². The Morgan fingerprint density at radius 2 is 1.00 bits per heavy atom. The normalized spacial score (nSPS) is 12.8. The summed E-state index contributed by atoms with van der Waals surface area (Å²) in [6, 6.07) is 12.7. The summed E-state index contributed by atoms with van der Waals surface area (Å²) in [5.74, 6) is -2.40. The summed E-state index contributed by atoms with van der Waals surface area (Å²) in [5, 5.41) is 34.9. The van der Waals surface area contributed by atoms with E-state index in [1.807, 2.05) is 0 Å². The van der Waals surface area contributed by atoms with Gasteiger partial charge in [-0.1, -0.05) is 18.2 Å². The maximum absolute atomic E-state index is 12.4. The van der Waals surface area contributed by atoms with E-state index in [2.05, 4.69) is 64.4 Å². The van der Waals surface area contributed by atoms with Crippen LogP contribution in [0.5, 0.6) is 0 Å². The van der Waals surface area contributed by atoms with Crippen molar-refractivity contribution in [3.8, 4) is 6.07 Å². The third-order valence-corrected chi connectivity index (χ3v) is 17.7. The number of hydrogen-bond donors (Lipinski definition) is 1. The van der Waals surface area contributed by atoms with Crippen molar-refractivity contribution in [2.24, 2.45) is 10.2 Å². The van der Waals surface area contributed by atoms with Gasteiger partial charge < -0.3 is 48.6 Å². The highest BCUT2D eigenvalue weighted by Gasteiger charge is 2.33. The lowest BCUT2D eigenvalue weighted by Crippen LogP contribution is -2.34. The molecule has 0 amide bonds. The molecule has 510 valence electrons. The van der Waals surface area contributed by atoms with Crippen LogP contribution in [0.25, 0.3) is 4.98 Å². The minimum atomic E-state index is -2.88. The van der Waals surface area contributed by atoms with Gasteiger partial charge in [0.2, 0.25) is 5.39 Å². The number of carbonyl (C=O) groups is 9. The van der Waals surface area contributed by atoms with Crippen LogP contribution in [0.2, 0.25) is 0 Å². The molecular formula is C64H81N8O17S5-. The number of thiophene rings is 3. The van der Waals surface area contributed by atoms with Gasteiger partial charge in [-0.15, -0.1) is 32.9 Å². The first-order valence-electron chi connectivity index (χ1n) is 29.8. The topological polar surface area (TPSA) is 372 Å². The van der Waals surface area contributed by atoms with Crippen LogP contribution < -0.4 is 20.8 Å². The second kappa shape index (κ2) is 41.7. The van der Waals surface area contributed by atoms with Gasteiger partial charge in [0, 0.05) is 37.6 Å². The summed E-state index contributed by atoms with van der Waals surface area (Å²) in [6.45, 7) is 25.1. The summed E-state index contributed by atoms with van der Waals surface area (Å²) in [5.41, 5.74) is 17.9. The molecule has 0 aliphatic carbocycles. The smallest absolute Gasteiger partial charge is 0.456 e. The molecule has 0 saturated carbocycles. The van der Waals surface area contributed by atoms with Crippen molar-refractivity contribution in [3.63, 3.8) is 0 Å². The molecule has 2 N–H and O–H groups in total. The maximum atomic E-state index is 12.4. The Hall–Kier alpha value is -7.94. The van der Waals surface area contributed by atoms with Crippen LogP contribution in [0.1, 0.15) is 200 Å². The van der Waals surface area contributed by atoms with E-state index < -0.39 is 35.2 Å².